The number of benzene rings is 1. The molecule has 0 fully saturated rings. The van der Waals surface area contributed by atoms with E-state index in [1.807, 2.05) is 36.4 Å². The minimum absolute atomic E-state index is 0.444. The van der Waals surface area contributed by atoms with Crippen LogP contribution in [-0.4, -0.2) is 28.0 Å². The largest absolute Gasteiger partial charge is 0.480 e. The summed E-state index contributed by atoms with van der Waals surface area (Å²) in [6, 6.07) is 10.9. The van der Waals surface area contributed by atoms with Crippen LogP contribution in [0.25, 0.3) is 11.3 Å². The first kappa shape index (κ1) is 14.6. The number of carboxylic acids is 1. The molecule has 1 unspecified atom stereocenters. The molecule has 1 heterocycles. The minimum atomic E-state index is -0.961. The van der Waals surface area contributed by atoms with Gasteiger partial charge in [-0.05, 0) is 12.2 Å². The van der Waals surface area contributed by atoms with Crippen LogP contribution in [0.5, 0.6) is 0 Å². The van der Waals surface area contributed by atoms with Gasteiger partial charge in [0.25, 0.3) is 0 Å². The highest BCUT2D eigenvalue weighted by atomic mass is 32.2. The maximum atomic E-state index is 10.6. The van der Waals surface area contributed by atoms with Crippen molar-refractivity contribution in [2.45, 2.75) is 18.2 Å². The van der Waals surface area contributed by atoms with Gasteiger partial charge in [-0.3, -0.25) is 4.79 Å². The number of hydrogen-bond acceptors (Lipinski definition) is 5. The van der Waals surface area contributed by atoms with Crippen molar-refractivity contribution in [1.29, 1.82) is 0 Å². The van der Waals surface area contributed by atoms with Crippen molar-refractivity contribution < 1.29 is 14.4 Å². The Hall–Kier alpha value is -1.79. The van der Waals surface area contributed by atoms with Gasteiger partial charge in [0, 0.05) is 11.6 Å². The summed E-state index contributed by atoms with van der Waals surface area (Å²) in [7, 11) is 0. The lowest BCUT2D eigenvalue weighted by molar-refractivity contribution is -0.138. The van der Waals surface area contributed by atoms with Gasteiger partial charge < -0.3 is 15.4 Å². The minimum Gasteiger partial charge on any atom is -0.480 e. The van der Waals surface area contributed by atoms with Crippen LogP contribution in [0.4, 0.5) is 0 Å². The Morgan fingerprint density at radius 1 is 1.40 bits per heavy atom. The topological polar surface area (TPSA) is 89.4 Å². The predicted molar refractivity (Wildman–Crippen MR) is 78.3 cm³/mol. The van der Waals surface area contributed by atoms with E-state index in [-0.39, 0.29) is 0 Å². The van der Waals surface area contributed by atoms with Crippen LogP contribution in [0.3, 0.4) is 0 Å². The SMILES string of the molecule is NC(CCSCc1cc(-c2ccccc2)no1)C(=O)O. The van der Waals surface area contributed by atoms with Gasteiger partial charge in [0.2, 0.25) is 0 Å². The van der Waals surface area contributed by atoms with Crippen molar-refractivity contribution in [2.75, 3.05) is 5.75 Å². The zero-order chi connectivity index (χ0) is 14.4. The van der Waals surface area contributed by atoms with Gasteiger partial charge in [-0.1, -0.05) is 35.5 Å². The second-order valence-electron chi connectivity index (χ2n) is 4.33. The summed E-state index contributed by atoms with van der Waals surface area (Å²) >= 11 is 1.58. The summed E-state index contributed by atoms with van der Waals surface area (Å²) in [5, 5.41) is 12.7. The lowest BCUT2D eigenvalue weighted by Gasteiger charge is -2.04. The number of rotatable bonds is 7. The monoisotopic (exact) mass is 292 g/mol. The van der Waals surface area contributed by atoms with Gasteiger partial charge in [0.05, 0.1) is 5.75 Å². The van der Waals surface area contributed by atoms with Gasteiger partial charge in [0.15, 0.2) is 0 Å². The summed E-state index contributed by atoms with van der Waals surface area (Å²) in [5.74, 6) is 1.15. The van der Waals surface area contributed by atoms with Crippen LogP contribution in [0.15, 0.2) is 40.9 Å². The van der Waals surface area contributed by atoms with Crippen molar-refractivity contribution in [3.63, 3.8) is 0 Å². The molecule has 0 aliphatic rings. The van der Waals surface area contributed by atoms with Crippen LogP contribution in [0.2, 0.25) is 0 Å². The first-order valence-corrected chi connectivity index (χ1v) is 7.39. The zero-order valence-corrected chi connectivity index (χ0v) is 11.7. The van der Waals surface area contributed by atoms with E-state index in [2.05, 4.69) is 5.16 Å². The van der Waals surface area contributed by atoms with E-state index in [0.29, 0.717) is 17.9 Å². The molecule has 0 radical (unpaired) electrons. The average molecular weight is 292 g/mol. The fourth-order valence-corrected chi connectivity index (χ4v) is 2.53. The van der Waals surface area contributed by atoms with Gasteiger partial charge in [-0.25, -0.2) is 0 Å². The first-order chi connectivity index (χ1) is 9.66. The molecule has 0 saturated carbocycles. The molecule has 0 saturated heterocycles. The summed E-state index contributed by atoms with van der Waals surface area (Å²) < 4.78 is 5.26. The van der Waals surface area contributed by atoms with E-state index in [0.717, 1.165) is 17.0 Å². The highest BCUT2D eigenvalue weighted by Crippen LogP contribution is 2.21. The van der Waals surface area contributed by atoms with Crippen molar-refractivity contribution >= 4 is 17.7 Å². The number of thioether (sulfide) groups is 1. The Kier molecular flexibility index (Phi) is 5.20. The Balaban J connectivity index is 1.81. The number of hydrogen-bond donors (Lipinski definition) is 2. The molecule has 20 heavy (non-hydrogen) atoms. The van der Waals surface area contributed by atoms with E-state index in [1.54, 1.807) is 11.8 Å². The van der Waals surface area contributed by atoms with Crippen LogP contribution in [0, 0.1) is 0 Å². The van der Waals surface area contributed by atoms with E-state index in [9.17, 15) is 4.79 Å². The quantitative estimate of drug-likeness (QED) is 0.762. The van der Waals surface area contributed by atoms with Gasteiger partial charge in [-0.15, -0.1) is 0 Å². The molecule has 0 bridgehead atoms. The maximum Gasteiger partial charge on any atom is 0.320 e. The normalized spacial score (nSPS) is 12.2. The molecule has 1 aromatic heterocycles. The Morgan fingerprint density at radius 2 is 2.15 bits per heavy atom. The summed E-state index contributed by atoms with van der Waals surface area (Å²) in [5.41, 5.74) is 7.25. The van der Waals surface area contributed by atoms with Crippen LogP contribution in [-0.2, 0) is 10.5 Å². The second-order valence-corrected chi connectivity index (χ2v) is 5.44. The summed E-state index contributed by atoms with van der Waals surface area (Å²) in [6.45, 7) is 0. The predicted octanol–water partition coefficient (Wildman–Crippen LogP) is 2.38. The third-order valence-corrected chi connectivity index (χ3v) is 3.78. The molecule has 6 heteroatoms. The first-order valence-electron chi connectivity index (χ1n) is 6.24. The number of carboxylic acid groups (broad SMARTS) is 1. The number of nitrogens with two attached hydrogens (primary N) is 1. The summed E-state index contributed by atoms with van der Waals surface area (Å²) in [6.07, 6.45) is 0.444. The van der Waals surface area contributed by atoms with Crippen LogP contribution < -0.4 is 5.73 Å². The fraction of sp³-hybridized carbons (Fsp3) is 0.286. The van der Waals surface area contributed by atoms with Crippen molar-refractivity contribution in [3.05, 3.63) is 42.2 Å². The van der Waals surface area contributed by atoms with E-state index in [4.69, 9.17) is 15.4 Å². The second kappa shape index (κ2) is 7.12. The molecule has 0 amide bonds. The van der Waals surface area contributed by atoms with E-state index in [1.165, 1.54) is 0 Å². The highest BCUT2D eigenvalue weighted by Gasteiger charge is 2.11. The molecule has 106 valence electrons. The van der Waals surface area contributed by atoms with Crippen molar-refractivity contribution in [1.82, 2.24) is 5.16 Å². The van der Waals surface area contributed by atoms with Crippen molar-refractivity contribution in [3.8, 4) is 11.3 Å². The highest BCUT2D eigenvalue weighted by molar-refractivity contribution is 7.98. The van der Waals surface area contributed by atoms with Crippen LogP contribution >= 0.6 is 11.8 Å². The van der Waals surface area contributed by atoms with Gasteiger partial charge in [-0.2, -0.15) is 11.8 Å². The summed E-state index contributed by atoms with van der Waals surface area (Å²) in [4.78, 5) is 10.6. The third kappa shape index (κ3) is 4.11. The number of nitrogens with zero attached hydrogens (tertiary/aromatic N) is 1. The van der Waals surface area contributed by atoms with Gasteiger partial charge in [0.1, 0.15) is 17.5 Å². The Morgan fingerprint density at radius 3 is 2.85 bits per heavy atom. The molecular formula is C14H16N2O3S. The molecule has 0 aliphatic carbocycles. The molecule has 1 atom stereocenters. The van der Waals surface area contributed by atoms with Crippen LogP contribution in [0.1, 0.15) is 12.2 Å². The molecule has 0 aliphatic heterocycles. The molecule has 2 aromatic rings. The van der Waals surface area contributed by atoms with Crippen molar-refractivity contribution in [2.24, 2.45) is 5.73 Å². The third-order valence-electron chi connectivity index (χ3n) is 2.76. The molecule has 2 rings (SSSR count). The molecule has 0 spiro atoms. The molecule has 1 aromatic carbocycles. The molecular weight excluding hydrogens is 276 g/mol. The number of aliphatic carboxylic acids is 1. The Labute approximate surface area is 121 Å². The van der Waals surface area contributed by atoms with Gasteiger partial charge >= 0.3 is 5.97 Å². The smallest absolute Gasteiger partial charge is 0.320 e. The molecule has 5 nitrogen and oxygen atoms in total. The lowest BCUT2D eigenvalue weighted by atomic mass is 10.1. The van der Waals surface area contributed by atoms with E-state index >= 15 is 0 Å². The zero-order valence-electron chi connectivity index (χ0n) is 10.9. The lowest BCUT2D eigenvalue weighted by Crippen LogP contribution is -2.30. The number of carbonyl (C=O) groups is 1. The Bertz CT molecular complexity index is 557. The average Bonchev–Trinajstić information content (AvgIpc) is 2.93. The maximum absolute atomic E-state index is 10.6. The fourth-order valence-electron chi connectivity index (χ4n) is 1.63. The number of aromatic nitrogens is 1. The standard InChI is InChI=1S/C14H16N2O3S/c15-12(14(17)18)6-7-20-9-11-8-13(16-19-11)10-4-2-1-3-5-10/h1-5,8,12H,6-7,9,15H2,(H,17,18). The van der Waals surface area contributed by atoms with E-state index < -0.39 is 12.0 Å². The molecule has 3 N–H and O–H groups in total.